The van der Waals surface area contributed by atoms with Crippen LogP contribution in [0.25, 0.3) is 0 Å². The van der Waals surface area contributed by atoms with Gasteiger partial charge in [0, 0.05) is 38.6 Å². The second kappa shape index (κ2) is 10.2. The van der Waals surface area contributed by atoms with Gasteiger partial charge in [-0.3, -0.25) is 14.5 Å². The lowest BCUT2D eigenvalue weighted by Crippen LogP contribution is -2.57. The lowest BCUT2D eigenvalue weighted by Gasteiger charge is -2.37. The highest BCUT2D eigenvalue weighted by Gasteiger charge is 2.33. The normalized spacial score (nSPS) is 24.3. The Morgan fingerprint density at radius 3 is 2.21 bits per heavy atom. The van der Waals surface area contributed by atoms with Gasteiger partial charge in [-0.15, -0.1) is 0 Å². The molecule has 2 aliphatic rings. The SMILES string of the molecule is CC1CCC(C(=O)NC(C(=O)N2CCN(Cc3ccccc3)CC2)C(C)C)CC1. The lowest BCUT2D eigenvalue weighted by atomic mass is 9.82. The van der Waals surface area contributed by atoms with E-state index in [1.165, 1.54) is 5.56 Å². The van der Waals surface area contributed by atoms with Crippen LogP contribution in [0.3, 0.4) is 0 Å². The number of benzene rings is 1. The summed E-state index contributed by atoms with van der Waals surface area (Å²) in [5, 5.41) is 3.11. The molecule has 0 bridgehead atoms. The number of carbonyl (C=O) groups excluding carboxylic acids is 2. The molecule has 0 aromatic heterocycles. The summed E-state index contributed by atoms with van der Waals surface area (Å²) in [6.45, 7) is 10.4. The predicted molar refractivity (Wildman–Crippen MR) is 116 cm³/mol. The van der Waals surface area contributed by atoms with Crippen molar-refractivity contribution in [3.8, 4) is 0 Å². The highest BCUT2D eigenvalue weighted by molar-refractivity contribution is 5.88. The molecular formula is C24H37N3O2. The smallest absolute Gasteiger partial charge is 0.245 e. The van der Waals surface area contributed by atoms with E-state index in [9.17, 15) is 9.59 Å². The highest BCUT2D eigenvalue weighted by Crippen LogP contribution is 2.28. The third-order valence-corrected chi connectivity index (χ3v) is 6.55. The van der Waals surface area contributed by atoms with Crippen molar-refractivity contribution in [2.45, 2.75) is 59.0 Å². The quantitative estimate of drug-likeness (QED) is 0.799. The molecule has 1 atom stereocenters. The number of carbonyl (C=O) groups is 2. The first-order valence-electron chi connectivity index (χ1n) is 11.3. The monoisotopic (exact) mass is 399 g/mol. The van der Waals surface area contributed by atoms with Gasteiger partial charge < -0.3 is 10.2 Å². The van der Waals surface area contributed by atoms with E-state index in [0.29, 0.717) is 5.92 Å². The zero-order valence-corrected chi connectivity index (χ0v) is 18.3. The van der Waals surface area contributed by atoms with Crippen LogP contribution in [-0.2, 0) is 16.1 Å². The minimum absolute atomic E-state index is 0.0722. The second-order valence-corrected chi connectivity index (χ2v) is 9.27. The van der Waals surface area contributed by atoms with Crippen molar-refractivity contribution in [1.29, 1.82) is 0 Å². The van der Waals surface area contributed by atoms with Gasteiger partial charge in [0.1, 0.15) is 6.04 Å². The Morgan fingerprint density at radius 2 is 1.62 bits per heavy atom. The molecule has 2 amide bonds. The summed E-state index contributed by atoms with van der Waals surface area (Å²) >= 11 is 0. The zero-order valence-electron chi connectivity index (χ0n) is 18.3. The first-order chi connectivity index (χ1) is 13.9. The van der Waals surface area contributed by atoms with Gasteiger partial charge in [-0.2, -0.15) is 0 Å². The number of piperazine rings is 1. The van der Waals surface area contributed by atoms with Crippen LogP contribution >= 0.6 is 0 Å². The van der Waals surface area contributed by atoms with Crippen LogP contribution in [0.2, 0.25) is 0 Å². The van der Waals surface area contributed by atoms with E-state index in [2.05, 4.69) is 41.4 Å². The number of rotatable bonds is 6. The minimum atomic E-state index is -0.414. The average molecular weight is 400 g/mol. The molecule has 29 heavy (non-hydrogen) atoms. The molecule has 1 aromatic rings. The fraction of sp³-hybridized carbons (Fsp3) is 0.667. The van der Waals surface area contributed by atoms with Crippen LogP contribution in [-0.4, -0.2) is 53.8 Å². The molecule has 1 saturated carbocycles. The van der Waals surface area contributed by atoms with Crippen LogP contribution in [0, 0.1) is 17.8 Å². The Labute approximate surface area is 175 Å². The van der Waals surface area contributed by atoms with Gasteiger partial charge in [-0.1, -0.05) is 51.1 Å². The maximum atomic E-state index is 13.2. The van der Waals surface area contributed by atoms with E-state index in [0.717, 1.165) is 58.4 Å². The van der Waals surface area contributed by atoms with Crippen LogP contribution < -0.4 is 5.32 Å². The molecule has 1 heterocycles. The fourth-order valence-electron chi connectivity index (χ4n) is 4.47. The summed E-state index contributed by atoms with van der Waals surface area (Å²) in [4.78, 5) is 30.3. The molecule has 1 aromatic carbocycles. The molecular weight excluding hydrogens is 362 g/mol. The molecule has 5 heteroatoms. The van der Waals surface area contributed by atoms with Gasteiger partial charge in [0.25, 0.3) is 0 Å². The first kappa shape index (κ1) is 21.8. The molecule has 3 rings (SSSR count). The number of nitrogens with one attached hydrogen (secondary N) is 1. The Hall–Kier alpha value is -1.88. The van der Waals surface area contributed by atoms with E-state index in [1.54, 1.807) is 0 Å². The molecule has 2 fully saturated rings. The summed E-state index contributed by atoms with van der Waals surface area (Å²) in [5.74, 6) is 1.04. The maximum absolute atomic E-state index is 13.2. The van der Waals surface area contributed by atoms with Crippen LogP contribution in [0.1, 0.15) is 52.0 Å². The third-order valence-electron chi connectivity index (χ3n) is 6.55. The molecule has 1 saturated heterocycles. The van der Waals surface area contributed by atoms with Gasteiger partial charge >= 0.3 is 0 Å². The standard InChI is InChI=1S/C24H37N3O2/c1-18(2)22(25-23(28)21-11-9-19(3)10-12-21)24(29)27-15-13-26(14-16-27)17-20-7-5-4-6-8-20/h4-8,18-19,21-22H,9-17H2,1-3H3,(H,25,28). The van der Waals surface area contributed by atoms with Crippen molar-refractivity contribution in [2.24, 2.45) is 17.8 Å². The number of amides is 2. The molecule has 1 unspecified atom stereocenters. The van der Waals surface area contributed by atoms with Gasteiger partial charge in [0.2, 0.25) is 11.8 Å². The molecule has 0 spiro atoms. The fourth-order valence-corrected chi connectivity index (χ4v) is 4.47. The van der Waals surface area contributed by atoms with E-state index in [1.807, 2.05) is 24.8 Å². The average Bonchev–Trinajstić information content (AvgIpc) is 2.73. The lowest BCUT2D eigenvalue weighted by molar-refractivity contribution is -0.140. The van der Waals surface area contributed by atoms with Gasteiger partial charge in [-0.05, 0) is 43.1 Å². The Morgan fingerprint density at radius 1 is 1.00 bits per heavy atom. The van der Waals surface area contributed by atoms with E-state index in [-0.39, 0.29) is 23.7 Å². The maximum Gasteiger partial charge on any atom is 0.245 e. The summed E-state index contributed by atoms with van der Waals surface area (Å²) in [5.41, 5.74) is 1.31. The number of hydrogen-bond donors (Lipinski definition) is 1. The Bertz CT molecular complexity index is 660. The number of nitrogens with zero attached hydrogens (tertiary/aromatic N) is 2. The van der Waals surface area contributed by atoms with Crippen LogP contribution in [0.4, 0.5) is 0 Å². The van der Waals surface area contributed by atoms with E-state index >= 15 is 0 Å². The van der Waals surface area contributed by atoms with Crippen molar-refractivity contribution < 1.29 is 9.59 Å². The van der Waals surface area contributed by atoms with Crippen molar-refractivity contribution in [2.75, 3.05) is 26.2 Å². The van der Waals surface area contributed by atoms with Crippen molar-refractivity contribution in [3.05, 3.63) is 35.9 Å². The molecule has 0 radical (unpaired) electrons. The largest absolute Gasteiger partial charge is 0.344 e. The van der Waals surface area contributed by atoms with Crippen LogP contribution in [0.5, 0.6) is 0 Å². The third kappa shape index (κ3) is 6.05. The van der Waals surface area contributed by atoms with Crippen molar-refractivity contribution in [3.63, 3.8) is 0 Å². The van der Waals surface area contributed by atoms with Crippen molar-refractivity contribution >= 4 is 11.8 Å². The molecule has 1 N–H and O–H groups in total. The zero-order chi connectivity index (χ0) is 20.8. The summed E-state index contributed by atoms with van der Waals surface area (Å²) in [6.07, 6.45) is 4.12. The van der Waals surface area contributed by atoms with E-state index < -0.39 is 6.04 Å². The van der Waals surface area contributed by atoms with Crippen molar-refractivity contribution in [1.82, 2.24) is 15.1 Å². The highest BCUT2D eigenvalue weighted by atomic mass is 16.2. The number of hydrogen-bond acceptors (Lipinski definition) is 3. The van der Waals surface area contributed by atoms with Gasteiger partial charge in [-0.25, -0.2) is 0 Å². The molecule has 1 aliphatic heterocycles. The first-order valence-corrected chi connectivity index (χ1v) is 11.3. The Kier molecular flexibility index (Phi) is 7.70. The molecule has 160 valence electrons. The molecule has 1 aliphatic carbocycles. The molecule has 5 nitrogen and oxygen atoms in total. The minimum Gasteiger partial charge on any atom is -0.344 e. The Balaban J connectivity index is 1.51. The van der Waals surface area contributed by atoms with Crippen LogP contribution in [0.15, 0.2) is 30.3 Å². The summed E-state index contributed by atoms with van der Waals surface area (Å²) in [6, 6.07) is 10.1. The summed E-state index contributed by atoms with van der Waals surface area (Å²) in [7, 11) is 0. The predicted octanol–water partition coefficient (Wildman–Crippen LogP) is 3.30. The van der Waals surface area contributed by atoms with Gasteiger partial charge in [0.15, 0.2) is 0 Å². The second-order valence-electron chi connectivity index (χ2n) is 9.27. The van der Waals surface area contributed by atoms with Gasteiger partial charge in [0.05, 0.1) is 0 Å². The summed E-state index contributed by atoms with van der Waals surface area (Å²) < 4.78 is 0. The topological polar surface area (TPSA) is 52.7 Å². The van der Waals surface area contributed by atoms with E-state index in [4.69, 9.17) is 0 Å².